The predicted molar refractivity (Wildman–Crippen MR) is 80.0 cm³/mol. The summed E-state index contributed by atoms with van der Waals surface area (Å²) in [5, 5.41) is 10.3. The fourth-order valence-electron chi connectivity index (χ4n) is 3.46. The maximum atomic E-state index is 10.3. The topological polar surface area (TPSA) is 60.3 Å². The second kappa shape index (κ2) is 3.94. The monoisotopic (exact) mass is 295 g/mol. The van der Waals surface area contributed by atoms with Crippen molar-refractivity contribution in [3.05, 3.63) is 41.5 Å². The number of fused-ring (bicyclic) bond motifs is 5. The number of phenolic OH excluding ortho intramolecular Hbond substituents is 1. The van der Waals surface area contributed by atoms with E-state index in [-0.39, 0.29) is 5.75 Å². The van der Waals surface area contributed by atoms with Crippen molar-refractivity contribution in [2.45, 2.75) is 5.41 Å². The van der Waals surface area contributed by atoms with Crippen molar-refractivity contribution in [1.82, 2.24) is 0 Å². The summed E-state index contributed by atoms with van der Waals surface area (Å²) in [6.07, 6.45) is 1.86. The molecule has 1 atom stereocenters. The second-order valence-corrected chi connectivity index (χ2v) is 5.68. The summed E-state index contributed by atoms with van der Waals surface area (Å²) in [5.41, 5.74) is 1.99. The molecule has 2 aromatic carbocycles. The van der Waals surface area contributed by atoms with Crippen LogP contribution in [0, 0.1) is 0 Å². The smallest absolute Gasteiger partial charge is 0.165 e. The molecule has 0 fully saturated rings. The number of aliphatic imine (C=N–C) groups is 1. The van der Waals surface area contributed by atoms with Crippen LogP contribution in [0.4, 0.5) is 5.69 Å². The first-order valence-corrected chi connectivity index (χ1v) is 7.22. The summed E-state index contributed by atoms with van der Waals surface area (Å²) in [7, 11) is 0. The van der Waals surface area contributed by atoms with E-state index in [9.17, 15) is 5.11 Å². The minimum Gasteiger partial charge on any atom is -0.508 e. The van der Waals surface area contributed by atoms with E-state index in [1.807, 2.05) is 24.4 Å². The Bertz CT molecular complexity index is 830. The lowest BCUT2D eigenvalue weighted by Crippen LogP contribution is -2.29. The highest BCUT2D eigenvalue weighted by Crippen LogP contribution is 2.54. The first-order valence-electron chi connectivity index (χ1n) is 7.22. The number of ether oxygens (including phenoxy) is 3. The first-order chi connectivity index (χ1) is 10.8. The molecule has 0 aromatic heterocycles. The third-order valence-corrected chi connectivity index (χ3v) is 4.47. The zero-order valence-corrected chi connectivity index (χ0v) is 11.7. The molecule has 0 saturated carbocycles. The van der Waals surface area contributed by atoms with Gasteiger partial charge >= 0.3 is 0 Å². The molecule has 1 spiro atoms. The Morgan fingerprint density at radius 2 is 1.82 bits per heavy atom. The Hall–Kier alpha value is -2.69. The van der Waals surface area contributed by atoms with E-state index < -0.39 is 5.41 Å². The predicted octanol–water partition coefficient (Wildman–Crippen LogP) is 2.56. The highest BCUT2D eigenvalue weighted by atomic mass is 16.6. The molecule has 0 aliphatic carbocycles. The van der Waals surface area contributed by atoms with Crippen LogP contribution in [0.2, 0.25) is 0 Å². The quantitative estimate of drug-likeness (QED) is 0.811. The molecule has 1 N–H and O–H groups in total. The summed E-state index contributed by atoms with van der Waals surface area (Å²) in [6, 6.07) is 9.20. The molecule has 3 aliphatic rings. The summed E-state index contributed by atoms with van der Waals surface area (Å²) < 4.78 is 17.2. The van der Waals surface area contributed by atoms with E-state index in [1.165, 1.54) is 0 Å². The lowest BCUT2D eigenvalue weighted by atomic mass is 9.77. The molecule has 22 heavy (non-hydrogen) atoms. The minimum atomic E-state index is -0.550. The number of benzene rings is 2. The zero-order valence-electron chi connectivity index (χ0n) is 11.7. The van der Waals surface area contributed by atoms with Crippen LogP contribution in [0.3, 0.4) is 0 Å². The van der Waals surface area contributed by atoms with Gasteiger partial charge in [-0.25, -0.2) is 0 Å². The zero-order chi connectivity index (χ0) is 14.7. The van der Waals surface area contributed by atoms with E-state index in [0.717, 1.165) is 22.6 Å². The molecule has 3 heterocycles. The third-order valence-electron chi connectivity index (χ3n) is 4.47. The van der Waals surface area contributed by atoms with Gasteiger partial charge in [0.1, 0.15) is 31.3 Å². The number of aromatic hydroxyl groups is 1. The number of hydrogen-bond donors (Lipinski definition) is 1. The van der Waals surface area contributed by atoms with E-state index in [4.69, 9.17) is 14.2 Å². The number of hydrogen-bond acceptors (Lipinski definition) is 5. The SMILES string of the molecule is Oc1cccc2c1C1(C=N2)COc2cc3c(cc21)OCCO3. The Balaban J connectivity index is 1.75. The molecule has 5 nitrogen and oxygen atoms in total. The van der Waals surface area contributed by atoms with Gasteiger partial charge in [0.2, 0.25) is 0 Å². The van der Waals surface area contributed by atoms with Crippen molar-refractivity contribution in [1.29, 1.82) is 0 Å². The van der Waals surface area contributed by atoms with Gasteiger partial charge < -0.3 is 19.3 Å². The molecule has 1 unspecified atom stereocenters. The molecule has 5 rings (SSSR count). The van der Waals surface area contributed by atoms with Gasteiger partial charge in [0.15, 0.2) is 11.5 Å². The summed E-state index contributed by atoms with van der Waals surface area (Å²) >= 11 is 0. The van der Waals surface area contributed by atoms with Gasteiger partial charge in [-0.2, -0.15) is 0 Å². The minimum absolute atomic E-state index is 0.237. The Labute approximate surface area is 126 Å². The Kier molecular flexibility index (Phi) is 2.13. The van der Waals surface area contributed by atoms with Crippen LogP contribution in [0.5, 0.6) is 23.0 Å². The van der Waals surface area contributed by atoms with E-state index in [2.05, 4.69) is 4.99 Å². The normalized spacial score (nSPS) is 23.3. The van der Waals surface area contributed by atoms with E-state index >= 15 is 0 Å². The summed E-state index contributed by atoms with van der Waals surface area (Å²) in [6.45, 7) is 1.50. The van der Waals surface area contributed by atoms with Gasteiger partial charge in [0.05, 0.1) is 11.1 Å². The lowest BCUT2D eigenvalue weighted by Gasteiger charge is -2.23. The maximum absolute atomic E-state index is 10.3. The van der Waals surface area contributed by atoms with Crippen LogP contribution in [0.15, 0.2) is 35.3 Å². The molecule has 0 saturated heterocycles. The standard InChI is InChI=1S/C17H13NO4/c19-12-3-1-2-11-16(12)17(8-18-11)9-22-13-7-15-14(6-10(13)17)20-4-5-21-15/h1-3,6-8,19H,4-5,9H2. The van der Waals surface area contributed by atoms with E-state index in [0.29, 0.717) is 31.3 Å². The molecular weight excluding hydrogens is 282 g/mol. The van der Waals surface area contributed by atoms with Gasteiger partial charge in [0, 0.05) is 23.4 Å². The van der Waals surface area contributed by atoms with Crippen molar-refractivity contribution in [2.24, 2.45) is 4.99 Å². The van der Waals surface area contributed by atoms with Crippen LogP contribution < -0.4 is 14.2 Å². The molecule has 110 valence electrons. The number of phenols is 1. The van der Waals surface area contributed by atoms with Crippen molar-refractivity contribution >= 4 is 11.9 Å². The van der Waals surface area contributed by atoms with Gasteiger partial charge in [-0.3, -0.25) is 4.99 Å². The van der Waals surface area contributed by atoms with Crippen LogP contribution in [-0.4, -0.2) is 31.1 Å². The number of rotatable bonds is 0. The fraction of sp³-hybridized carbons (Fsp3) is 0.235. The van der Waals surface area contributed by atoms with Crippen molar-refractivity contribution in [3.8, 4) is 23.0 Å². The van der Waals surface area contributed by atoms with Gasteiger partial charge in [-0.05, 0) is 18.2 Å². The van der Waals surface area contributed by atoms with Crippen LogP contribution >= 0.6 is 0 Å². The van der Waals surface area contributed by atoms with Gasteiger partial charge in [-0.15, -0.1) is 0 Å². The average molecular weight is 295 g/mol. The largest absolute Gasteiger partial charge is 0.508 e. The molecule has 0 bridgehead atoms. The summed E-state index contributed by atoms with van der Waals surface area (Å²) in [5.74, 6) is 2.41. The highest BCUT2D eigenvalue weighted by molar-refractivity contribution is 5.93. The molecular formula is C17H13NO4. The Morgan fingerprint density at radius 3 is 2.68 bits per heavy atom. The van der Waals surface area contributed by atoms with Crippen molar-refractivity contribution < 1.29 is 19.3 Å². The summed E-state index contributed by atoms with van der Waals surface area (Å²) in [4.78, 5) is 4.47. The third kappa shape index (κ3) is 1.35. The van der Waals surface area contributed by atoms with Crippen molar-refractivity contribution in [3.63, 3.8) is 0 Å². The average Bonchev–Trinajstić information content (AvgIpc) is 3.09. The Morgan fingerprint density at radius 1 is 1.00 bits per heavy atom. The molecule has 0 radical (unpaired) electrons. The number of nitrogens with zero attached hydrogens (tertiary/aromatic N) is 1. The highest BCUT2D eigenvalue weighted by Gasteiger charge is 2.47. The molecule has 0 amide bonds. The molecule has 2 aromatic rings. The fourth-order valence-corrected chi connectivity index (χ4v) is 3.46. The van der Waals surface area contributed by atoms with Crippen LogP contribution in [0.25, 0.3) is 0 Å². The first kappa shape index (κ1) is 11.9. The second-order valence-electron chi connectivity index (χ2n) is 5.68. The molecule has 3 aliphatic heterocycles. The van der Waals surface area contributed by atoms with E-state index in [1.54, 1.807) is 12.1 Å². The van der Waals surface area contributed by atoms with Crippen LogP contribution in [0.1, 0.15) is 11.1 Å². The van der Waals surface area contributed by atoms with Crippen LogP contribution in [-0.2, 0) is 5.41 Å². The lowest BCUT2D eigenvalue weighted by molar-refractivity contribution is 0.171. The van der Waals surface area contributed by atoms with Crippen molar-refractivity contribution in [2.75, 3.05) is 19.8 Å². The van der Waals surface area contributed by atoms with Gasteiger partial charge in [0.25, 0.3) is 0 Å². The van der Waals surface area contributed by atoms with Gasteiger partial charge in [-0.1, -0.05) is 6.07 Å². The maximum Gasteiger partial charge on any atom is 0.165 e. The molecule has 5 heteroatoms.